The zero-order valence-electron chi connectivity index (χ0n) is 17.2. The number of nitrogens with zero attached hydrogens (tertiary/aromatic N) is 1. The van der Waals surface area contributed by atoms with Gasteiger partial charge in [-0.05, 0) is 28.8 Å². The minimum absolute atomic E-state index is 0.119. The fraction of sp³-hybridized carbons (Fsp3) is 0.240. The van der Waals surface area contributed by atoms with Crippen molar-refractivity contribution in [3.63, 3.8) is 0 Å². The standard InChI is InChI=1S/C25H30N4O/c26-25(27)29-16-7-17-30-23-14-12-20(13-15-23)18-28-19-24(21-8-3-1-4-9-21)22-10-5-2-6-11-22/h1-6,8-15,24,28H,7,16-19H2,(H4,26,27,29). The Morgan fingerprint density at radius 2 is 1.43 bits per heavy atom. The van der Waals surface area contributed by atoms with Crippen molar-refractivity contribution >= 4 is 5.96 Å². The van der Waals surface area contributed by atoms with Crippen LogP contribution in [-0.4, -0.2) is 25.7 Å². The van der Waals surface area contributed by atoms with E-state index in [0.717, 1.165) is 25.3 Å². The topological polar surface area (TPSA) is 85.7 Å². The molecule has 0 fully saturated rings. The van der Waals surface area contributed by atoms with Crippen LogP contribution in [0.15, 0.2) is 89.9 Å². The quantitative estimate of drug-likeness (QED) is 0.260. The van der Waals surface area contributed by atoms with Crippen molar-refractivity contribution in [3.05, 3.63) is 102 Å². The smallest absolute Gasteiger partial charge is 0.185 e. The molecule has 3 rings (SSSR count). The highest BCUT2D eigenvalue weighted by Gasteiger charge is 2.13. The average molecular weight is 403 g/mol. The molecule has 0 heterocycles. The summed E-state index contributed by atoms with van der Waals surface area (Å²) in [6.45, 7) is 2.84. The second-order valence-electron chi connectivity index (χ2n) is 7.16. The summed E-state index contributed by atoms with van der Waals surface area (Å²) in [7, 11) is 0. The van der Waals surface area contributed by atoms with Crippen molar-refractivity contribution in [3.8, 4) is 5.75 Å². The van der Waals surface area contributed by atoms with Gasteiger partial charge in [-0.2, -0.15) is 0 Å². The Hall–Kier alpha value is -3.31. The van der Waals surface area contributed by atoms with Gasteiger partial charge < -0.3 is 21.5 Å². The number of nitrogens with two attached hydrogens (primary N) is 2. The summed E-state index contributed by atoms with van der Waals surface area (Å²) in [5, 5.41) is 3.61. The van der Waals surface area contributed by atoms with Crippen molar-refractivity contribution in [1.82, 2.24) is 5.32 Å². The van der Waals surface area contributed by atoms with Crippen LogP contribution < -0.4 is 21.5 Å². The summed E-state index contributed by atoms with van der Waals surface area (Å²) in [5.74, 6) is 1.30. The van der Waals surface area contributed by atoms with Crippen LogP contribution in [0.25, 0.3) is 0 Å². The van der Waals surface area contributed by atoms with Crippen molar-refractivity contribution < 1.29 is 4.74 Å². The number of guanidine groups is 1. The van der Waals surface area contributed by atoms with Gasteiger partial charge in [0.1, 0.15) is 5.75 Å². The molecular weight excluding hydrogens is 372 g/mol. The first-order valence-electron chi connectivity index (χ1n) is 10.3. The van der Waals surface area contributed by atoms with Gasteiger partial charge in [-0.3, -0.25) is 4.99 Å². The van der Waals surface area contributed by atoms with Gasteiger partial charge in [0.15, 0.2) is 5.96 Å². The zero-order chi connectivity index (χ0) is 21.0. The van der Waals surface area contributed by atoms with E-state index in [0.29, 0.717) is 19.1 Å². The number of hydrogen-bond acceptors (Lipinski definition) is 3. The van der Waals surface area contributed by atoms with Crippen molar-refractivity contribution in [2.45, 2.75) is 18.9 Å². The number of hydrogen-bond donors (Lipinski definition) is 3. The third-order valence-electron chi connectivity index (χ3n) is 4.87. The summed E-state index contributed by atoms with van der Waals surface area (Å²) in [6.07, 6.45) is 0.779. The van der Waals surface area contributed by atoms with Crippen LogP contribution in [0.3, 0.4) is 0 Å². The Morgan fingerprint density at radius 3 is 2.00 bits per heavy atom. The lowest BCUT2D eigenvalue weighted by atomic mass is 9.91. The fourth-order valence-electron chi connectivity index (χ4n) is 3.33. The summed E-state index contributed by atoms with van der Waals surface area (Å²) in [4.78, 5) is 3.95. The summed E-state index contributed by atoms with van der Waals surface area (Å²) >= 11 is 0. The third-order valence-corrected chi connectivity index (χ3v) is 4.87. The lowest BCUT2D eigenvalue weighted by molar-refractivity contribution is 0.313. The summed E-state index contributed by atoms with van der Waals surface area (Å²) in [6, 6.07) is 29.5. The number of ether oxygens (including phenoxy) is 1. The van der Waals surface area contributed by atoms with Gasteiger partial charge in [0.2, 0.25) is 0 Å². The maximum absolute atomic E-state index is 5.73. The largest absolute Gasteiger partial charge is 0.494 e. The maximum atomic E-state index is 5.73. The normalized spacial score (nSPS) is 10.7. The van der Waals surface area contributed by atoms with Crippen LogP contribution in [0.5, 0.6) is 5.75 Å². The predicted molar refractivity (Wildman–Crippen MR) is 124 cm³/mol. The molecule has 3 aromatic carbocycles. The first-order chi connectivity index (χ1) is 14.7. The van der Waals surface area contributed by atoms with E-state index < -0.39 is 0 Å². The van der Waals surface area contributed by atoms with Gasteiger partial charge in [0.05, 0.1) is 6.61 Å². The lowest BCUT2D eigenvalue weighted by Gasteiger charge is -2.19. The second-order valence-corrected chi connectivity index (χ2v) is 7.16. The molecule has 5 N–H and O–H groups in total. The van der Waals surface area contributed by atoms with Crippen LogP contribution in [-0.2, 0) is 6.54 Å². The second kappa shape index (κ2) is 11.6. The number of rotatable bonds is 11. The molecule has 30 heavy (non-hydrogen) atoms. The van der Waals surface area contributed by atoms with Gasteiger partial charge in [0, 0.05) is 32.0 Å². The van der Waals surface area contributed by atoms with Crippen molar-refractivity contribution in [1.29, 1.82) is 0 Å². The molecule has 0 radical (unpaired) electrons. The molecule has 0 atom stereocenters. The molecule has 5 nitrogen and oxygen atoms in total. The molecular formula is C25H30N4O. The number of aliphatic imine (C=N–C) groups is 1. The molecule has 0 aliphatic heterocycles. The van der Waals surface area contributed by atoms with Gasteiger partial charge in [-0.1, -0.05) is 72.8 Å². The zero-order valence-corrected chi connectivity index (χ0v) is 17.2. The maximum Gasteiger partial charge on any atom is 0.185 e. The highest BCUT2D eigenvalue weighted by molar-refractivity contribution is 5.75. The van der Waals surface area contributed by atoms with Gasteiger partial charge in [-0.25, -0.2) is 0 Å². The monoisotopic (exact) mass is 402 g/mol. The van der Waals surface area contributed by atoms with Gasteiger partial charge in [-0.15, -0.1) is 0 Å². The Balaban J connectivity index is 1.50. The van der Waals surface area contributed by atoms with E-state index in [9.17, 15) is 0 Å². The molecule has 0 aliphatic rings. The van der Waals surface area contributed by atoms with E-state index in [4.69, 9.17) is 16.2 Å². The molecule has 0 saturated heterocycles. The Bertz CT molecular complexity index is 852. The molecule has 3 aromatic rings. The van der Waals surface area contributed by atoms with E-state index in [1.807, 2.05) is 12.1 Å². The van der Waals surface area contributed by atoms with Crippen LogP contribution in [0.2, 0.25) is 0 Å². The minimum atomic E-state index is 0.119. The highest BCUT2D eigenvalue weighted by atomic mass is 16.5. The van der Waals surface area contributed by atoms with E-state index in [-0.39, 0.29) is 5.96 Å². The first-order valence-corrected chi connectivity index (χ1v) is 10.3. The van der Waals surface area contributed by atoms with Crippen molar-refractivity contribution in [2.75, 3.05) is 19.7 Å². The van der Waals surface area contributed by atoms with Crippen LogP contribution in [0.4, 0.5) is 0 Å². The first kappa shape index (κ1) is 21.4. The molecule has 0 unspecified atom stereocenters. The third kappa shape index (κ3) is 6.94. The number of benzene rings is 3. The van der Waals surface area contributed by atoms with Gasteiger partial charge >= 0.3 is 0 Å². The van der Waals surface area contributed by atoms with Crippen LogP contribution in [0, 0.1) is 0 Å². The van der Waals surface area contributed by atoms with Crippen LogP contribution in [0.1, 0.15) is 29.0 Å². The Kier molecular flexibility index (Phi) is 8.30. The summed E-state index contributed by atoms with van der Waals surface area (Å²) < 4.78 is 5.73. The molecule has 0 saturated carbocycles. The molecule has 156 valence electrons. The molecule has 0 aliphatic carbocycles. The summed E-state index contributed by atoms with van der Waals surface area (Å²) in [5.41, 5.74) is 14.5. The minimum Gasteiger partial charge on any atom is -0.494 e. The number of nitrogens with one attached hydrogen (secondary N) is 1. The molecule has 0 aromatic heterocycles. The predicted octanol–water partition coefficient (Wildman–Crippen LogP) is 3.65. The lowest BCUT2D eigenvalue weighted by Crippen LogP contribution is -2.23. The van der Waals surface area contributed by atoms with E-state index in [1.165, 1.54) is 16.7 Å². The van der Waals surface area contributed by atoms with Gasteiger partial charge in [0.25, 0.3) is 0 Å². The highest BCUT2D eigenvalue weighted by Crippen LogP contribution is 2.24. The van der Waals surface area contributed by atoms with Crippen LogP contribution >= 0.6 is 0 Å². The van der Waals surface area contributed by atoms with E-state index >= 15 is 0 Å². The van der Waals surface area contributed by atoms with Crippen molar-refractivity contribution in [2.24, 2.45) is 16.5 Å². The fourth-order valence-corrected chi connectivity index (χ4v) is 3.33. The SMILES string of the molecule is NC(N)=NCCCOc1ccc(CNCC(c2ccccc2)c2ccccc2)cc1. The Labute approximate surface area is 178 Å². The molecule has 5 heteroatoms. The van der Waals surface area contributed by atoms with E-state index in [1.54, 1.807) is 0 Å². The van der Waals surface area contributed by atoms with E-state index in [2.05, 4.69) is 83.1 Å². The average Bonchev–Trinajstić information content (AvgIpc) is 2.78. The molecule has 0 amide bonds. The Morgan fingerprint density at radius 1 is 0.833 bits per heavy atom. The molecule has 0 bridgehead atoms. The molecule has 0 spiro atoms.